The quantitative estimate of drug-likeness (QED) is 0.403. The van der Waals surface area contributed by atoms with Crippen LogP contribution in [0.15, 0.2) is 0 Å². The fraction of sp³-hybridized carbons (Fsp3) is 0.333. The Labute approximate surface area is 65.8 Å². The Hall–Kier alpha value is -1.72. The zero-order valence-electron chi connectivity index (χ0n) is 5.73. The van der Waals surface area contributed by atoms with Crippen LogP contribution in [-0.2, 0) is 19.2 Å². The summed E-state index contributed by atoms with van der Waals surface area (Å²) in [6.07, 6.45) is -0.958. The second-order valence-electron chi connectivity index (χ2n) is 2.44. The normalized spacial score (nSPS) is 19.0. The van der Waals surface area contributed by atoms with E-state index >= 15 is 0 Å². The van der Waals surface area contributed by atoms with Gasteiger partial charge in [-0.1, -0.05) is 0 Å². The monoisotopic (exact) mass is 172 g/mol. The van der Waals surface area contributed by atoms with Crippen LogP contribution < -0.4 is 0 Å². The van der Waals surface area contributed by atoms with Crippen molar-refractivity contribution in [2.45, 2.75) is 6.42 Å². The number of rotatable bonds is 3. The highest BCUT2D eigenvalue weighted by atomic mass is 16.4. The molecule has 0 saturated heterocycles. The molecule has 12 heavy (non-hydrogen) atoms. The highest BCUT2D eigenvalue weighted by Crippen LogP contribution is 2.40. The van der Waals surface area contributed by atoms with E-state index in [2.05, 4.69) is 0 Å². The predicted molar refractivity (Wildman–Crippen MR) is 32.3 cm³/mol. The molecule has 0 bridgehead atoms. The molecule has 6 nitrogen and oxygen atoms in total. The predicted octanol–water partition coefficient (Wildman–Crippen LogP) is -1.32. The van der Waals surface area contributed by atoms with Crippen LogP contribution in [0.2, 0.25) is 0 Å². The van der Waals surface area contributed by atoms with Gasteiger partial charge in [-0.25, -0.2) is 0 Å². The zero-order valence-corrected chi connectivity index (χ0v) is 5.73. The number of Topliss-reactive ketones (excluding diaryl/α,β-unsaturated/α-hetero) is 2. The van der Waals surface area contributed by atoms with Gasteiger partial charge in [-0.15, -0.1) is 0 Å². The summed E-state index contributed by atoms with van der Waals surface area (Å²) in [5, 5.41) is 16.6. The smallest absolute Gasteiger partial charge is 0.326 e. The van der Waals surface area contributed by atoms with Crippen molar-refractivity contribution >= 4 is 23.5 Å². The van der Waals surface area contributed by atoms with Crippen molar-refractivity contribution in [3.63, 3.8) is 0 Å². The molecule has 0 aliphatic heterocycles. The number of hydrogen-bond donors (Lipinski definition) is 2. The standard InChI is InChI=1S/C6H4O6/c7-2(8)1-6(5(11)12)3(9)4(6)10/h1H2,(H,7,8)(H,11,12). The van der Waals surface area contributed by atoms with E-state index < -0.39 is 35.3 Å². The molecule has 1 saturated carbocycles. The second kappa shape index (κ2) is 2.13. The topological polar surface area (TPSA) is 109 Å². The fourth-order valence-corrected chi connectivity index (χ4v) is 0.928. The van der Waals surface area contributed by atoms with Gasteiger partial charge in [-0.05, 0) is 0 Å². The largest absolute Gasteiger partial charge is 0.481 e. The summed E-state index contributed by atoms with van der Waals surface area (Å²) in [4.78, 5) is 41.5. The van der Waals surface area contributed by atoms with Crippen LogP contribution in [0, 0.1) is 5.41 Å². The molecule has 1 aliphatic carbocycles. The Morgan fingerprint density at radius 3 is 1.67 bits per heavy atom. The van der Waals surface area contributed by atoms with Crippen LogP contribution in [0.3, 0.4) is 0 Å². The molecule has 64 valence electrons. The van der Waals surface area contributed by atoms with Crippen LogP contribution in [0.5, 0.6) is 0 Å². The molecule has 0 unspecified atom stereocenters. The first-order valence-corrected chi connectivity index (χ1v) is 2.97. The summed E-state index contributed by atoms with van der Waals surface area (Å²) in [5.41, 5.74) is -2.27. The molecule has 0 amide bonds. The van der Waals surface area contributed by atoms with Gasteiger partial charge in [-0.2, -0.15) is 0 Å². The van der Waals surface area contributed by atoms with Gasteiger partial charge in [0.1, 0.15) is 0 Å². The van der Waals surface area contributed by atoms with Crippen molar-refractivity contribution in [3.05, 3.63) is 0 Å². The van der Waals surface area contributed by atoms with Gasteiger partial charge < -0.3 is 10.2 Å². The molecule has 2 N–H and O–H groups in total. The molecule has 1 rings (SSSR count). The highest BCUT2D eigenvalue weighted by Gasteiger charge is 2.72. The van der Waals surface area contributed by atoms with Crippen LogP contribution in [0.25, 0.3) is 0 Å². The van der Waals surface area contributed by atoms with Crippen molar-refractivity contribution in [1.82, 2.24) is 0 Å². The Bertz CT molecular complexity index is 287. The number of aliphatic carboxylic acids is 2. The third-order valence-corrected chi connectivity index (χ3v) is 1.70. The average molecular weight is 172 g/mol. The van der Waals surface area contributed by atoms with Gasteiger partial charge in [0.25, 0.3) is 0 Å². The summed E-state index contributed by atoms with van der Waals surface area (Å²) in [7, 11) is 0. The molecule has 0 aromatic heterocycles. The van der Waals surface area contributed by atoms with E-state index in [-0.39, 0.29) is 0 Å². The van der Waals surface area contributed by atoms with Gasteiger partial charge >= 0.3 is 11.9 Å². The van der Waals surface area contributed by atoms with E-state index in [4.69, 9.17) is 10.2 Å². The summed E-state index contributed by atoms with van der Waals surface area (Å²) in [5.74, 6) is -5.41. The number of carbonyl (C=O) groups is 4. The van der Waals surface area contributed by atoms with E-state index in [1.165, 1.54) is 0 Å². The Kier molecular flexibility index (Phi) is 1.49. The third kappa shape index (κ3) is 0.810. The Morgan fingerprint density at radius 2 is 1.58 bits per heavy atom. The van der Waals surface area contributed by atoms with Gasteiger partial charge in [0.2, 0.25) is 17.0 Å². The zero-order chi connectivity index (χ0) is 9.52. The van der Waals surface area contributed by atoms with Crippen LogP contribution >= 0.6 is 0 Å². The SMILES string of the molecule is O=C(O)CC1(C(=O)O)C(=O)C1=O. The lowest BCUT2D eigenvalue weighted by Gasteiger charge is -1.98. The van der Waals surface area contributed by atoms with Gasteiger partial charge in [-0.3, -0.25) is 19.2 Å². The summed E-state index contributed by atoms with van der Waals surface area (Å²) < 4.78 is 0. The number of carboxylic acids is 2. The summed E-state index contributed by atoms with van der Waals surface area (Å²) >= 11 is 0. The van der Waals surface area contributed by atoms with Crippen LogP contribution in [0.1, 0.15) is 6.42 Å². The minimum atomic E-state index is -2.27. The average Bonchev–Trinajstić information content (AvgIpc) is 2.41. The van der Waals surface area contributed by atoms with E-state index in [1.54, 1.807) is 0 Å². The van der Waals surface area contributed by atoms with E-state index in [1.807, 2.05) is 0 Å². The van der Waals surface area contributed by atoms with Crippen molar-refractivity contribution in [1.29, 1.82) is 0 Å². The first-order chi connectivity index (χ1) is 5.43. The molecule has 1 aliphatic rings. The molecule has 0 radical (unpaired) electrons. The number of hydrogen-bond acceptors (Lipinski definition) is 4. The number of carbonyl (C=O) groups excluding carboxylic acids is 2. The maximum absolute atomic E-state index is 10.5. The molecule has 0 aromatic rings. The van der Waals surface area contributed by atoms with Crippen molar-refractivity contribution in [3.8, 4) is 0 Å². The Balaban J connectivity index is 2.93. The lowest BCUT2D eigenvalue weighted by atomic mass is 10.0. The lowest BCUT2D eigenvalue weighted by molar-refractivity contribution is -0.152. The van der Waals surface area contributed by atoms with Crippen molar-refractivity contribution < 1.29 is 29.4 Å². The maximum atomic E-state index is 10.5. The third-order valence-electron chi connectivity index (χ3n) is 1.70. The number of ketones is 2. The molecule has 0 atom stereocenters. The molecule has 6 heteroatoms. The van der Waals surface area contributed by atoms with E-state index in [0.29, 0.717) is 0 Å². The molecule has 0 spiro atoms. The van der Waals surface area contributed by atoms with Crippen LogP contribution in [0.4, 0.5) is 0 Å². The summed E-state index contributed by atoms with van der Waals surface area (Å²) in [6.45, 7) is 0. The molecular weight excluding hydrogens is 168 g/mol. The van der Waals surface area contributed by atoms with Crippen molar-refractivity contribution in [2.75, 3.05) is 0 Å². The van der Waals surface area contributed by atoms with Gasteiger partial charge in [0, 0.05) is 0 Å². The molecular formula is C6H4O6. The minimum absolute atomic E-state index is 0.958. The first-order valence-electron chi connectivity index (χ1n) is 2.97. The summed E-state index contributed by atoms with van der Waals surface area (Å²) in [6, 6.07) is 0. The van der Waals surface area contributed by atoms with Crippen molar-refractivity contribution in [2.24, 2.45) is 5.41 Å². The molecule has 0 aromatic carbocycles. The van der Waals surface area contributed by atoms with Gasteiger partial charge in [0.15, 0.2) is 0 Å². The van der Waals surface area contributed by atoms with E-state index in [9.17, 15) is 19.2 Å². The second-order valence-corrected chi connectivity index (χ2v) is 2.44. The first kappa shape index (κ1) is 8.38. The maximum Gasteiger partial charge on any atom is 0.326 e. The lowest BCUT2D eigenvalue weighted by Crippen LogP contribution is -2.23. The van der Waals surface area contributed by atoms with E-state index in [0.717, 1.165) is 0 Å². The fourth-order valence-electron chi connectivity index (χ4n) is 0.928. The highest BCUT2D eigenvalue weighted by molar-refractivity contribution is 6.69. The van der Waals surface area contributed by atoms with Gasteiger partial charge in [0.05, 0.1) is 6.42 Å². The molecule has 0 heterocycles. The number of carboxylic acid groups (broad SMARTS) is 2. The minimum Gasteiger partial charge on any atom is -0.481 e. The molecule has 1 fully saturated rings. The van der Waals surface area contributed by atoms with Crippen LogP contribution in [-0.4, -0.2) is 33.7 Å². The Morgan fingerprint density at radius 1 is 1.17 bits per heavy atom.